The molecule has 2 rings (SSSR count). The van der Waals surface area contributed by atoms with E-state index in [-0.39, 0.29) is 6.10 Å². The third-order valence-corrected chi connectivity index (χ3v) is 4.46. The van der Waals surface area contributed by atoms with Crippen LogP contribution in [0.15, 0.2) is 9.85 Å². The second-order valence-corrected chi connectivity index (χ2v) is 5.53. The molecule has 0 aliphatic heterocycles. The lowest BCUT2D eigenvalue weighted by Gasteiger charge is -2.25. The number of thioether (sulfide) groups is 1. The Morgan fingerprint density at radius 3 is 3.00 bits per heavy atom. The van der Waals surface area contributed by atoms with Crippen LogP contribution in [0.2, 0.25) is 0 Å². The SMILES string of the molecule is O[C@H]1CCCC[C@@H]1Sc1nncs1. The zero-order valence-corrected chi connectivity index (χ0v) is 8.85. The first kappa shape index (κ1) is 9.43. The van der Waals surface area contributed by atoms with Crippen LogP contribution in [0.1, 0.15) is 25.7 Å². The average molecular weight is 216 g/mol. The summed E-state index contributed by atoms with van der Waals surface area (Å²) in [5, 5.41) is 17.8. The predicted molar refractivity (Wildman–Crippen MR) is 54.0 cm³/mol. The third-order valence-electron chi connectivity index (χ3n) is 2.26. The van der Waals surface area contributed by atoms with Crippen LogP contribution in [-0.4, -0.2) is 26.7 Å². The van der Waals surface area contributed by atoms with E-state index in [2.05, 4.69) is 10.2 Å². The summed E-state index contributed by atoms with van der Waals surface area (Å²) >= 11 is 3.22. The molecule has 0 aromatic carbocycles. The molecule has 1 fully saturated rings. The van der Waals surface area contributed by atoms with Crippen molar-refractivity contribution in [2.45, 2.75) is 41.4 Å². The number of nitrogens with zero attached hydrogens (tertiary/aromatic N) is 2. The molecule has 0 radical (unpaired) electrons. The van der Waals surface area contributed by atoms with Gasteiger partial charge in [-0.15, -0.1) is 10.2 Å². The highest BCUT2D eigenvalue weighted by Gasteiger charge is 2.24. The van der Waals surface area contributed by atoms with Gasteiger partial charge in [0.2, 0.25) is 0 Å². The van der Waals surface area contributed by atoms with Crippen LogP contribution in [0.4, 0.5) is 0 Å². The van der Waals surface area contributed by atoms with Crippen LogP contribution in [-0.2, 0) is 0 Å². The molecule has 0 unspecified atom stereocenters. The zero-order valence-electron chi connectivity index (χ0n) is 7.22. The molecule has 0 spiro atoms. The van der Waals surface area contributed by atoms with E-state index < -0.39 is 0 Å². The Balaban J connectivity index is 1.93. The monoisotopic (exact) mass is 216 g/mol. The van der Waals surface area contributed by atoms with E-state index in [9.17, 15) is 5.11 Å². The Labute approximate surface area is 85.6 Å². The maximum Gasteiger partial charge on any atom is 0.174 e. The van der Waals surface area contributed by atoms with Crippen LogP contribution >= 0.6 is 23.1 Å². The smallest absolute Gasteiger partial charge is 0.174 e. The maximum absolute atomic E-state index is 9.70. The van der Waals surface area contributed by atoms with Crippen molar-refractivity contribution in [3.05, 3.63) is 5.51 Å². The number of aromatic nitrogens is 2. The number of hydrogen-bond donors (Lipinski definition) is 1. The molecule has 0 bridgehead atoms. The predicted octanol–water partition coefficient (Wildman–Crippen LogP) is 1.93. The topological polar surface area (TPSA) is 46.0 Å². The normalized spacial score (nSPS) is 29.0. The minimum absolute atomic E-state index is 0.150. The lowest BCUT2D eigenvalue weighted by Crippen LogP contribution is -2.26. The summed E-state index contributed by atoms with van der Waals surface area (Å²) in [5.74, 6) is 0. The largest absolute Gasteiger partial charge is 0.392 e. The summed E-state index contributed by atoms with van der Waals surface area (Å²) in [6.07, 6.45) is 4.28. The molecule has 1 N–H and O–H groups in total. The molecular formula is C8H12N2OS2. The van der Waals surface area contributed by atoms with Gasteiger partial charge in [-0.3, -0.25) is 0 Å². The van der Waals surface area contributed by atoms with Crippen molar-refractivity contribution in [3.8, 4) is 0 Å². The standard InChI is InChI=1S/C8H12N2OS2/c11-6-3-1-2-4-7(6)13-8-10-9-5-12-8/h5-7,11H,1-4H2/t6-,7-/m0/s1. The van der Waals surface area contributed by atoms with E-state index in [0.29, 0.717) is 5.25 Å². The van der Waals surface area contributed by atoms with Crippen molar-refractivity contribution in [2.24, 2.45) is 0 Å². The Hall–Kier alpha value is -0.130. The highest BCUT2D eigenvalue weighted by Crippen LogP contribution is 2.34. The molecule has 72 valence electrons. The second kappa shape index (κ2) is 4.39. The molecule has 1 saturated carbocycles. The fourth-order valence-corrected chi connectivity index (χ4v) is 3.49. The molecule has 3 nitrogen and oxygen atoms in total. The summed E-state index contributed by atoms with van der Waals surface area (Å²) in [7, 11) is 0. The van der Waals surface area contributed by atoms with Gasteiger partial charge >= 0.3 is 0 Å². The van der Waals surface area contributed by atoms with E-state index in [0.717, 1.165) is 23.6 Å². The van der Waals surface area contributed by atoms with Crippen LogP contribution in [0.25, 0.3) is 0 Å². The van der Waals surface area contributed by atoms with E-state index in [1.807, 2.05) is 0 Å². The molecule has 13 heavy (non-hydrogen) atoms. The average Bonchev–Trinajstić information content (AvgIpc) is 2.61. The minimum Gasteiger partial charge on any atom is -0.392 e. The van der Waals surface area contributed by atoms with Gasteiger partial charge in [0, 0.05) is 5.25 Å². The molecule has 1 aromatic heterocycles. The van der Waals surface area contributed by atoms with E-state index in [4.69, 9.17) is 0 Å². The summed E-state index contributed by atoms with van der Waals surface area (Å²) in [4.78, 5) is 0. The van der Waals surface area contributed by atoms with Crippen LogP contribution in [0.3, 0.4) is 0 Å². The first-order valence-corrected chi connectivity index (χ1v) is 6.23. The lowest BCUT2D eigenvalue weighted by atomic mass is 9.97. The van der Waals surface area contributed by atoms with Gasteiger partial charge in [0.1, 0.15) is 5.51 Å². The molecule has 1 aliphatic carbocycles. The molecule has 5 heteroatoms. The van der Waals surface area contributed by atoms with Gasteiger partial charge < -0.3 is 5.11 Å². The highest BCUT2D eigenvalue weighted by atomic mass is 32.2. The molecule has 0 amide bonds. The number of aliphatic hydroxyl groups excluding tert-OH is 1. The Bertz CT molecular complexity index is 253. The van der Waals surface area contributed by atoms with Gasteiger partial charge in [-0.1, -0.05) is 35.9 Å². The molecule has 1 heterocycles. The Morgan fingerprint density at radius 2 is 2.31 bits per heavy atom. The van der Waals surface area contributed by atoms with Gasteiger partial charge in [-0.2, -0.15) is 0 Å². The molecule has 0 saturated heterocycles. The van der Waals surface area contributed by atoms with Crippen LogP contribution in [0.5, 0.6) is 0 Å². The summed E-state index contributed by atoms with van der Waals surface area (Å²) in [5.41, 5.74) is 1.73. The van der Waals surface area contributed by atoms with Crippen molar-refractivity contribution < 1.29 is 5.11 Å². The van der Waals surface area contributed by atoms with Crippen molar-refractivity contribution in [1.82, 2.24) is 10.2 Å². The van der Waals surface area contributed by atoms with Crippen molar-refractivity contribution >= 4 is 23.1 Å². The molecule has 1 aliphatic rings. The van der Waals surface area contributed by atoms with Gasteiger partial charge in [-0.05, 0) is 12.8 Å². The maximum atomic E-state index is 9.70. The summed E-state index contributed by atoms with van der Waals surface area (Å²) < 4.78 is 0.978. The first-order chi connectivity index (χ1) is 6.36. The Morgan fingerprint density at radius 1 is 1.46 bits per heavy atom. The second-order valence-electron chi connectivity index (χ2n) is 3.21. The van der Waals surface area contributed by atoms with E-state index in [1.54, 1.807) is 28.6 Å². The van der Waals surface area contributed by atoms with Crippen LogP contribution in [0, 0.1) is 0 Å². The van der Waals surface area contributed by atoms with E-state index >= 15 is 0 Å². The number of rotatable bonds is 2. The van der Waals surface area contributed by atoms with Gasteiger partial charge in [0.15, 0.2) is 4.34 Å². The van der Waals surface area contributed by atoms with Crippen molar-refractivity contribution in [1.29, 1.82) is 0 Å². The van der Waals surface area contributed by atoms with Gasteiger partial charge in [0.05, 0.1) is 6.10 Å². The summed E-state index contributed by atoms with van der Waals surface area (Å²) in [6, 6.07) is 0. The first-order valence-electron chi connectivity index (χ1n) is 4.47. The number of aliphatic hydroxyl groups is 1. The minimum atomic E-state index is -0.150. The highest BCUT2D eigenvalue weighted by molar-refractivity contribution is 8.01. The lowest BCUT2D eigenvalue weighted by molar-refractivity contribution is 0.137. The molecule has 1 aromatic rings. The quantitative estimate of drug-likeness (QED) is 0.820. The third kappa shape index (κ3) is 2.42. The fraction of sp³-hybridized carbons (Fsp3) is 0.750. The molecule has 2 atom stereocenters. The van der Waals surface area contributed by atoms with Gasteiger partial charge in [-0.25, -0.2) is 0 Å². The fourth-order valence-electron chi connectivity index (χ4n) is 1.56. The number of hydrogen-bond acceptors (Lipinski definition) is 5. The summed E-state index contributed by atoms with van der Waals surface area (Å²) in [6.45, 7) is 0. The Kier molecular flexibility index (Phi) is 3.18. The van der Waals surface area contributed by atoms with Crippen LogP contribution < -0.4 is 0 Å². The molecular weight excluding hydrogens is 204 g/mol. The van der Waals surface area contributed by atoms with Crippen molar-refractivity contribution in [2.75, 3.05) is 0 Å². The van der Waals surface area contributed by atoms with E-state index in [1.165, 1.54) is 6.42 Å². The van der Waals surface area contributed by atoms with Gasteiger partial charge in [0.25, 0.3) is 0 Å². The van der Waals surface area contributed by atoms with Crippen molar-refractivity contribution in [3.63, 3.8) is 0 Å². The zero-order chi connectivity index (χ0) is 9.10.